The highest BCUT2D eigenvalue weighted by Gasteiger charge is 2.37. The number of azide groups is 1. The molecule has 3 atom stereocenters. The number of amides is 1. The van der Waals surface area contributed by atoms with Crippen LogP contribution in [0.3, 0.4) is 0 Å². The molecule has 0 aliphatic carbocycles. The number of ether oxygens (including phenoxy) is 3. The molecule has 41 heavy (non-hydrogen) atoms. The quantitative estimate of drug-likeness (QED) is 0.0515. The number of carbonyl (C=O) groups excluding carboxylic acids is 3. The third kappa shape index (κ3) is 9.79. The fraction of sp³-hybridized carbons (Fsp3) is 0.480. The first-order valence-corrected chi connectivity index (χ1v) is 13.7. The maximum Gasteiger partial charge on any atom is 0.330 e. The van der Waals surface area contributed by atoms with Crippen LogP contribution in [0.5, 0.6) is 0 Å². The van der Waals surface area contributed by atoms with Gasteiger partial charge in [0.1, 0.15) is 24.9 Å². The minimum absolute atomic E-state index is 0.0426. The van der Waals surface area contributed by atoms with Crippen LogP contribution in [0.15, 0.2) is 50.1 Å². The van der Waals surface area contributed by atoms with Crippen molar-refractivity contribution in [3.63, 3.8) is 0 Å². The standard InChI is InChI=1S/C25H31N7O8S/c1-15-12-32(25(37)29-24(15)36)21-10-17(30-31-27)18(40-21)13-38-22(34)6-7-23(35)39-14-41-19-5-3-2-4-16(19)11-28-9-8-20(26)33/h2-5,12,17-18,21,28H,6-11,13-14H2,1H3,(H2,26,33)(H,29,36,37)/t17-,18+,21+/m0/s1. The molecule has 1 fully saturated rings. The smallest absolute Gasteiger partial charge is 0.330 e. The number of nitrogens with zero attached hydrogens (tertiary/aromatic N) is 4. The van der Waals surface area contributed by atoms with E-state index in [4.69, 9.17) is 25.5 Å². The number of primary amides is 1. The molecule has 2 aromatic rings. The van der Waals surface area contributed by atoms with E-state index in [1.807, 2.05) is 24.3 Å². The van der Waals surface area contributed by atoms with Gasteiger partial charge in [-0.1, -0.05) is 35.1 Å². The predicted octanol–water partition coefficient (Wildman–Crippen LogP) is 1.39. The van der Waals surface area contributed by atoms with Gasteiger partial charge < -0.3 is 25.3 Å². The zero-order valence-corrected chi connectivity index (χ0v) is 23.1. The highest BCUT2D eigenvalue weighted by Crippen LogP contribution is 2.30. The van der Waals surface area contributed by atoms with Crippen LogP contribution in [0, 0.1) is 6.92 Å². The number of benzene rings is 1. The van der Waals surface area contributed by atoms with Crippen LogP contribution in [0.1, 0.15) is 43.0 Å². The van der Waals surface area contributed by atoms with Crippen LogP contribution in [0.2, 0.25) is 0 Å². The van der Waals surface area contributed by atoms with Crippen molar-refractivity contribution in [1.29, 1.82) is 0 Å². The minimum Gasteiger partial charge on any atom is -0.463 e. The Labute approximate surface area is 238 Å². The molecular weight excluding hydrogens is 558 g/mol. The Morgan fingerprint density at radius 1 is 1.22 bits per heavy atom. The third-order valence-electron chi connectivity index (χ3n) is 6.07. The Morgan fingerprint density at radius 2 is 1.95 bits per heavy atom. The summed E-state index contributed by atoms with van der Waals surface area (Å²) < 4.78 is 17.4. The SMILES string of the molecule is Cc1cn([C@H]2C[C@H](N=[N+]=[N-])[C@@H](COC(=O)CCC(=O)OCSc3ccccc3CNCCC(N)=O)O2)c(=O)[nH]c1=O. The number of hydrogen-bond donors (Lipinski definition) is 3. The lowest BCUT2D eigenvalue weighted by molar-refractivity contribution is -0.152. The highest BCUT2D eigenvalue weighted by molar-refractivity contribution is 7.99. The fourth-order valence-corrected chi connectivity index (χ4v) is 4.75. The molecule has 2 heterocycles. The summed E-state index contributed by atoms with van der Waals surface area (Å²) in [5, 5.41) is 6.80. The van der Waals surface area contributed by atoms with Gasteiger partial charge in [0.2, 0.25) is 5.91 Å². The number of aromatic nitrogens is 2. The summed E-state index contributed by atoms with van der Waals surface area (Å²) in [5.41, 5.74) is 14.1. The van der Waals surface area contributed by atoms with E-state index < -0.39 is 41.6 Å². The molecule has 0 unspecified atom stereocenters. The number of thioether (sulfide) groups is 1. The van der Waals surface area contributed by atoms with Crippen molar-refractivity contribution in [3.8, 4) is 0 Å². The van der Waals surface area contributed by atoms with Gasteiger partial charge in [0.05, 0.1) is 18.9 Å². The molecule has 1 aliphatic heterocycles. The number of nitrogens with one attached hydrogen (secondary N) is 2. The molecule has 3 rings (SSSR count). The average Bonchev–Trinajstić information content (AvgIpc) is 3.34. The summed E-state index contributed by atoms with van der Waals surface area (Å²) >= 11 is 1.32. The van der Waals surface area contributed by atoms with Gasteiger partial charge in [-0.15, -0.1) is 0 Å². The van der Waals surface area contributed by atoms with Gasteiger partial charge in [-0.3, -0.25) is 28.7 Å². The lowest BCUT2D eigenvalue weighted by Crippen LogP contribution is -2.33. The zero-order valence-electron chi connectivity index (χ0n) is 22.3. The average molecular weight is 590 g/mol. The minimum atomic E-state index is -0.833. The van der Waals surface area contributed by atoms with Crippen LogP contribution < -0.4 is 22.3 Å². The number of aryl methyl sites for hydroxylation is 1. The van der Waals surface area contributed by atoms with Crippen molar-refractivity contribution in [3.05, 3.63) is 72.9 Å². The monoisotopic (exact) mass is 589 g/mol. The second-order valence-corrected chi connectivity index (χ2v) is 10.0. The molecule has 0 radical (unpaired) electrons. The lowest BCUT2D eigenvalue weighted by Gasteiger charge is -2.16. The molecule has 1 aromatic carbocycles. The molecule has 15 nitrogen and oxygen atoms in total. The topological polar surface area (TPSA) is 221 Å². The van der Waals surface area contributed by atoms with E-state index in [1.165, 1.54) is 29.4 Å². The molecule has 16 heteroatoms. The van der Waals surface area contributed by atoms with Gasteiger partial charge in [0, 0.05) is 47.5 Å². The Morgan fingerprint density at radius 3 is 2.68 bits per heavy atom. The molecule has 0 bridgehead atoms. The summed E-state index contributed by atoms with van der Waals surface area (Å²) in [6, 6.07) is 6.81. The van der Waals surface area contributed by atoms with Crippen molar-refractivity contribution in [1.82, 2.24) is 14.9 Å². The lowest BCUT2D eigenvalue weighted by atomic mass is 10.1. The van der Waals surface area contributed by atoms with E-state index in [9.17, 15) is 24.0 Å². The fourth-order valence-electron chi connectivity index (χ4n) is 3.93. The van der Waals surface area contributed by atoms with E-state index in [-0.39, 0.29) is 44.1 Å². The largest absolute Gasteiger partial charge is 0.463 e. The maximum atomic E-state index is 12.2. The molecule has 1 aliphatic rings. The zero-order chi connectivity index (χ0) is 29.8. The Hall–Kier alpha value is -4.11. The van der Waals surface area contributed by atoms with E-state index in [1.54, 1.807) is 0 Å². The summed E-state index contributed by atoms with van der Waals surface area (Å²) in [6.07, 6.45) is -0.377. The first kappa shape index (κ1) is 31.4. The summed E-state index contributed by atoms with van der Waals surface area (Å²) in [5.74, 6) is -1.60. The van der Waals surface area contributed by atoms with Crippen molar-refractivity contribution >= 4 is 29.6 Å². The molecular formula is C25H31N7O8S. The van der Waals surface area contributed by atoms with Crippen molar-refractivity contribution < 1.29 is 28.6 Å². The Balaban J connectivity index is 1.41. The predicted molar refractivity (Wildman–Crippen MR) is 146 cm³/mol. The number of rotatable bonds is 15. The number of esters is 2. The molecule has 220 valence electrons. The van der Waals surface area contributed by atoms with Crippen molar-refractivity contribution in [2.24, 2.45) is 10.8 Å². The highest BCUT2D eigenvalue weighted by atomic mass is 32.2. The molecule has 0 saturated carbocycles. The van der Waals surface area contributed by atoms with Gasteiger partial charge >= 0.3 is 17.6 Å². The number of hydrogen-bond acceptors (Lipinski definition) is 11. The van der Waals surface area contributed by atoms with Gasteiger partial charge in [-0.25, -0.2) is 4.79 Å². The molecule has 1 saturated heterocycles. The van der Waals surface area contributed by atoms with Crippen LogP contribution in [-0.2, 0) is 35.1 Å². The second-order valence-electron chi connectivity index (χ2n) is 9.08. The summed E-state index contributed by atoms with van der Waals surface area (Å²) in [6.45, 7) is 2.24. The van der Waals surface area contributed by atoms with Gasteiger partial charge in [0.15, 0.2) is 0 Å². The molecule has 0 spiro atoms. The maximum absolute atomic E-state index is 12.2. The van der Waals surface area contributed by atoms with Gasteiger partial charge in [-0.2, -0.15) is 0 Å². The van der Waals surface area contributed by atoms with E-state index >= 15 is 0 Å². The number of nitrogens with two attached hydrogens (primary N) is 1. The van der Waals surface area contributed by atoms with Gasteiger partial charge in [-0.05, 0) is 24.1 Å². The second kappa shape index (κ2) is 15.6. The van der Waals surface area contributed by atoms with Crippen LogP contribution in [-0.4, -0.2) is 58.6 Å². The van der Waals surface area contributed by atoms with Crippen LogP contribution in [0.25, 0.3) is 10.4 Å². The van der Waals surface area contributed by atoms with E-state index in [2.05, 4.69) is 20.3 Å². The van der Waals surface area contributed by atoms with Gasteiger partial charge in [0.25, 0.3) is 5.56 Å². The number of carbonyl (C=O) groups is 3. The van der Waals surface area contributed by atoms with E-state index in [0.29, 0.717) is 18.7 Å². The normalized spacial score (nSPS) is 17.9. The molecule has 1 amide bonds. The van der Waals surface area contributed by atoms with E-state index in [0.717, 1.165) is 10.5 Å². The first-order chi connectivity index (χ1) is 19.7. The third-order valence-corrected chi connectivity index (χ3v) is 7.02. The molecule has 4 N–H and O–H groups in total. The van der Waals surface area contributed by atoms with Crippen LogP contribution in [0.4, 0.5) is 0 Å². The first-order valence-electron chi connectivity index (χ1n) is 12.7. The Kier molecular flexibility index (Phi) is 12.0. The Bertz CT molecular complexity index is 1400. The summed E-state index contributed by atoms with van der Waals surface area (Å²) in [7, 11) is 0. The number of aromatic amines is 1. The molecule has 1 aromatic heterocycles. The number of H-pyrrole nitrogens is 1. The van der Waals surface area contributed by atoms with Crippen molar-refractivity contribution in [2.45, 2.75) is 62.4 Å². The summed E-state index contributed by atoms with van der Waals surface area (Å²) in [4.78, 5) is 64.9. The van der Waals surface area contributed by atoms with Crippen molar-refractivity contribution in [2.75, 3.05) is 19.1 Å². The van der Waals surface area contributed by atoms with Crippen LogP contribution >= 0.6 is 11.8 Å².